The SMILES string of the molecule is O=C(NCc1cscn1)c1ccc(CBr)cc1. The van der Waals surface area contributed by atoms with E-state index in [0.717, 1.165) is 16.6 Å². The summed E-state index contributed by atoms with van der Waals surface area (Å²) in [5.41, 5.74) is 4.47. The highest BCUT2D eigenvalue weighted by Crippen LogP contribution is 2.08. The van der Waals surface area contributed by atoms with Gasteiger partial charge in [0.25, 0.3) is 5.91 Å². The van der Waals surface area contributed by atoms with Crippen molar-refractivity contribution in [1.29, 1.82) is 0 Å². The lowest BCUT2D eigenvalue weighted by Gasteiger charge is -2.04. The van der Waals surface area contributed by atoms with Crippen molar-refractivity contribution in [3.63, 3.8) is 0 Å². The van der Waals surface area contributed by atoms with Gasteiger partial charge in [-0.15, -0.1) is 11.3 Å². The molecule has 0 aliphatic heterocycles. The summed E-state index contributed by atoms with van der Waals surface area (Å²) in [6, 6.07) is 7.53. The van der Waals surface area contributed by atoms with Gasteiger partial charge in [-0.05, 0) is 17.7 Å². The number of aromatic nitrogens is 1. The number of halogens is 1. The van der Waals surface area contributed by atoms with Crippen molar-refractivity contribution in [3.05, 3.63) is 52.0 Å². The zero-order chi connectivity index (χ0) is 12.1. The van der Waals surface area contributed by atoms with E-state index in [9.17, 15) is 4.79 Å². The van der Waals surface area contributed by atoms with E-state index in [4.69, 9.17) is 0 Å². The fraction of sp³-hybridized carbons (Fsp3) is 0.167. The van der Waals surface area contributed by atoms with Gasteiger partial charge in [0.05, 0.1) is 17.7 Å². The Hall–Kier alpha value is -1.20. The minimum atomic E-state index is -0.0703. The summed E-state index contributed by atoms with van der Waals surface area (Å²) >= 11 is 4.89. The molecule has 0 aliphatic carbocycles. The van der Waals surface area contributed by atoms with Crippen LogP contribution in [0.4, 0.5) is 0 Å². The molecule has 0 saturated heterocycles. The molecule has 0 fully saturated rings. The summed E-state index contributed by atoms with van der Waals surface area (Å²) in [7, 11) is 0. The number of thiazole rings is 1. The third-order valence-corrected chi connectivity index (χ3v) is 3.57. The number of nitrogens with zero attached hydrogens (tertiary/aromatic N) is 1. The number of hydrogen-bond acceptors (Lipinski definition) is 3. The van der Waals surface area contributed by atoms with Crippen LogP contribution in [0.3, 0.4) is 0 Å². The molecule has 1 aromatic heterocycles. The smallest absolute Gasteiger partial charge is 0.251 e. The van der Waals surface area contributed by atoms with E-state index in [1.807, 2.05) is 29.6 Å². The first-order valence-corrected chi connectivity index (χ1v) is 7.16. The van der Waals surface area contributed by atoms with E-state index in [2.05, 4.69) is 26.2 Å². The molecule has 2 aromatic rings. The fourth-order valence-electron chi connectivity index (χ4n) is 1.34. The highest BCUT2D eigenvalue weighted by atomic mass is 79.9. The average molecular weight is 311 g/mol. The Kier molecular flexibility index (Phi) is 4.28. The van der Waals surface area contributed by atoms with Crippen LogP contribution in [-0.2, 0) is 11.9 Å². The zero-order valence-electron chi connectivity index (χ0n) is 9.02. The number of benzene rings is 1. The summed E-state index contributed by atoms with van der Waals surface area (Å²) in [5.74, 6) is -0.0703. The predicted octanol–water partition coefficient (Wildman–Crippen LogP) is 2.97. The van der Waals surface area contributed by atoms with Crippen molar-refractivity contribution >= 4 is 33.2 Å². The minimum absolute atomic E-state index is 0.0703. The first-order valence-electron chi connectivity index (χ1n) is 5.10. The van der Waals surface area contributed by atoms with Gasteiger partial charge >= 0.3 is 0 Å². The Labute approximate surface area is 112 Å². The third-order valence-electron chi connectivity index (χ3n) is 2.28. The molecule has 0 radical (unpaired) electrons. The lowest BCUT2D eigenvalue weighted by Crippen LogP contribution is -2.22. The van der Waals surface area contributed by atoms with E-state index < -0.39 is 0 Å². The monoisotopic (exact) mass is 310 g/mol. The first kappa shape index (κ1) is 12.3. The fourth-order valence-corrected chi connectivity index (χ4v) is 2.28. The maximum atomic E-state index is 11.8. The molecule has 1 N–H and O–H groups in total. The van der Waals surface area contributed by atoms with E-state index >= 15 is 0 Å². The van der Waals surface area contributed by atoms with Gasteiger partial charge in [-0.2, -0.15) is 0 Å². The van der Waals surface area contributed by atoms with Crippen molar-refractivity contribution in [2.75, 3.05) is 0 Å². The second-order valence-corrected chi connectivity index (χ2v) is 4.77. The van der Waals surface area contributed by atoms with Crippen molar-refractivity contribution in [2.45, 2.75) is 11.9 Å². The minimum Gasteiger partial charge on any atom is -0.346 e. The lowest BCUT2D eigenvalue weighted by molar-refractivity contribution is 0.0950. The van der Waals surface area contributed by atoms with Crippen LogP contribution in [0, 0.1) is 0 Å². The van der Waals surface area contributed by atoms with Crippen molar-refractivity contribution in [2.24, 2.45) is 0 Å². The molecule has 88 valence electrons. The summed E-state index contributed by atoms with van der Waals surface area (Å²) < 4.78 is 0. The Bertz CT molecular complexity index is 482. The Morgan fingerprint density at radius 2 is 2.12 bits per heavy atom. The number of hydrogen-bond donors (Lipinski definition) is 1. The van der Waals surface area contributed by atoms with Crippen LogP contribution in [0.15, 0.2) is 35.2 Å². The van der Waals surface area contributed by atoms with Crippen molar-refractivity contribution < 1.29 is 4.79 Å². The molecule has 0 spiro atoms. The average Bonchev–Trinajstić information content (AvgIpc) is 2.89. The molecule has 0 bridgehead atoms. The topological polar surface area (TPSA) is 42.0 Å². The van der Waals surface area contributed by atoms with Gasteiger partial charge in [0, 0.05) is 16.3 Å². The van der Waals surface area contributed by atoms with Gasteiger partial charge in [0.15, 0.2) is 0 Å². The lowest BCUT2D eigenvalue weighted by atomic mass is 10.1. The van der Waals surface area contributed by atoms with Crippen LogP contribution in [0.25, 0.3) is 0 Å². The highest BCUT2D eigenvalue weighted by molar-refractivity contribution is 9.08. The Morgan fingerprint density at radius 3 is 2.71 bits per heavy atom. The molecule has 1 aromatic carbocycles. The molecule has 2 rings (SSSR count). The standard InChI is InChI=1S/C12H11BrN2OS/c13-5-9-1-3-10(4-2-9)12(16)14-6-11-7-17-8-15-11/h1-4,7-8H,5-6H2,(H,14,16). The number of amides is 1. The van der Waals surface area contributed by atoms with Gasteiger partial charge in [-0.3, -0.25) is 4.79 Å². The van der Waals surface area contributed by atoms with Gasteiger partial charge in [0.2, 0.25) is 0 Å². The molecule has 17 heavy (non-hydrogen) atoms. The van der Waals surface area contributed by atoms with Crippen LogP contribution in [0.5, 0.6) is 0 Å². The Morgan fingerprint density at radius 1 is 1.35 bits per heavy atom. The molecule has 0 saturated carbocycles. The molecule has 0 atom stereocenters. The molecule has 3 nitrogen and oxygen atoms in total. The number of alkyl halides is 1. The predicted molar refractivity (Wildman–Crippen MR) is 72.4 cm³/mol. The molecule has 5 heteroatoms. The normalized spacial score (nSPS) is 10.2. The van der Waals surface area contributed by atoms with Gasteiger partial charge in [0.1, 0.15) is 0 Å². The van der Waals surface area contributed by atoms with E-state index in [1.54, 1.807) is 5.51 Å². The molecule has 0 unspecified atom stereocenters. The van der Waals surface area contributed by atoms with Crippen LogP contribution >= 0.6 is 27.3 Å². The highest BCUT2D eigenvalue weighted by Gasteiger charge is 2.05. The maximum Gasteiger partial charge on any atom is 0.251 e. The van der Waals surface area contributed by atoms with Crippen LogP contribution < -0.4 is 5.32 Å². The summed E-state index contributed by atoms with van der Waals surface area (Å²) in [4.78, 5) is 15.9. The molecule has 1 heterocycles. The second-order valence-electron chi connectivity index (χ2n) is 3.49. The quantitative estimate of drug-likeness (QED) is 0.882. The van der Waals surface area contributed by atoms with E-state index in [-0.39, 0.29) is 5.91 Å². The van der Waals surface area contributed by atoms with Crippen molar-refractivity contribution in [1.82, 2.24) is 10.3 Å². The van der Waals surface area contributed by atoms with Crippen LogP contribution in [0.1, 0.15) is 21.6 Å². The molecular weight excluding hydrogens is 300 g/mol. The van der Waals surface area contributed by atoms with Gasteiger partial charge in [-0.25, -0.2) is 4.98 Å². The summed E-state index contributed by atoms with van der Waals surface area (Å²) in [6.45, 7) is 0.475. The second kappa shape index (κ2) is 5.93. The molecule has 1 amide bonds. The van der Waals surface area contributed by atoms with Gasteiger partial charge < -0.3 is 5.32 Å². The van der Waals surface area contributed by atoms with E-state index in [1.165, 1.54) is 11.3 Å². The van der Waals surface area contributed by atoms with Crippen LogP contribution in [-0.4, -0.2) is 10.9 Å². The van der Waals surface area contributed by atoms with Crippen LogP contribution in [0.2, 0.25) is 0 Å². The largest absolute Gasteiger partial charge is 0.346 e. The third kappa shape index (κ3) is 3.38. The van der Waals surface area contributed by atoms with Gasteiger partial charge in [-0.1, -0.05) is 28.1 Å². The number of carbonyl (C=O) groups excluding carboxylic acids is 1. The summed E-state index contributed by atoms with van der Waals surface area (Å²) in [6.07, 6.45) is 0. The zero-order valence-corrected chi connectivity index (χ0v) is 11.4. The molecular formula is C12H11BrN2OS. The number of carbonyl (C=O) groups is 1. The number of rotatable bonds is 4. The van der Waals surface area contributed by atoms with E-state index in [0.29, 0.717) is 12.1 Å². The van der Waals surface area contributed by atoms with Crippen molar-refractivity contribution in [3.8, 4) is 0 Å². The maximum absolute atomic E-state index is 11.8. The number of nitrogens with one attached hydrogen (secondary N) is 1. The summed E-state index contributed by atoms with van der Waals surface area (Å²) in [5, 5.41) is 5.56. The molecule has 0 aliphatic rings. The first-order chi connectivity index (χ1) is 8.29. The Balaban J connectivity index is 1.95.